The van der Waals surface area contributed by atoms with E-state index < -0.39 is 17.6 Å². The summed E-state index contributed by atoms with van der Waals surface area (Å²) < 4.78 is 42.8. The van der Waals surface area contributed by atoms with Gasteiger partial charge in [-0.25, -0.2) is 10.2 Å². The van der Waals surface area contributed by atoms with Gasteiger partial charge in [-0.1, -0.05) is 29.3 Å². The van der Waals surface area contributed by atoms with Crippen molar-refractivity contribution in [3.8, 4) is 0 Å². The number of nitrogens with one attached hydrogen (secondary N) is 2. The van der Waals surface area contributed by atoms with Crippen LogP contribution in [0.15, 0.2) is 41.5 Å². The summed E-state index contributed by atoms with van der Waals surface area (Å²) in [4.78, 5) is 12.9. The van der Waals surface area contributed by atoms with E-state index in [9.17, 15) is 18.0 Å². The van der Waals surface area contributed by atoms with E-state index in [1.54, 1.807) is 23.1 Å². The molecule has 1 heterocycles. The molecule has 2 aromatic carbocycles. The third-order valence-corrected chi connectivity index (χ3v) is 5.88. The number of benzene rings is 2. The molecule has 0 bridgehead atoms. The number of alkyl halides is 3. The Labute approximate surface area is 188 Å². The third kappa shape index (κ3) is 4.91. The molecule has 5 nitrogen and oxygen atoms in total. The molecule has 0 radical (unpaired) electrons. The maximum Gasteiger partial charge on any atom is 0.400 e. The fraction of sp³-hybridized carbons (Fsp3) is 0.333. The highest BCUT2D eigenvalue weighted by Crippen LogP contribution is 2.49. The van der Waals surface area contributed by atoms with Gasteiger partial charge in [0, 0.05) is 35.9 Å². The Morgan fingerprint density at radius 2 is 1.87 bits per heavy atom. The molecule has 1 saturated heterocycles. The molecule has 31 heavy (non-hydrogen) atoms. The second kappa shape index (κ2) is 8.96. The van der Waals surface area contributed by atoms with Crippen molar-refractivity contribution in [3.05, 3.63) is 63.1 Å². The monoisotopic (exact) mass is 472 g/mol. The van der Waals surface area contributed by atoms with Crippen LogP contribution in [0.2, 0.25) is 10.0 Å². The van der Waals surface area contributed by atoms with Gasteiger partial charge in [-0.05, 0) is 60.4 Å². The summed E-state index contributed by atoms with van der Waals surface area (Å²) >= 11 is 12.0. The smallest absolute Gasteiger partial charge is 0.370 e. The molecule has 1 aliphatic rings. The first kappa shape index (κ1) is 23.2. The Balaban J connectivity index is 1.87. The lowest BCUT2D eigenvalue weighted by Crippen LogP contribution is -2.44. The number of urea groups is 1. The van der Waals surface area contributed by atoms with Gasteiger partial charge in [-0.2, -0.15) is 18.3 Å². The fourth-order valence-electron chi connectivity index (χ4n) is 3.71. The maximum atomic E-state index is 14.3. The average molecular weight is 473 g/mol. The van der Waals surface area contributed by atoms with E-state index in [1.807, 2.05) is 6.92 Å². The minimum Gasteiger partial charge on any atom is -0.370 e. The minimum absolute atomic E-state index is 0.0701. The number of hydrogen-bond acceptors (Lipinski definition) is 3. The lowest BCUT2D eigenvalue weighted by atomic mass is 9.79. The molecule has 0 spiro atoms. The van der Waals surface area contributed by atoms with Crippen LogP contribution >= 0.6 is 23.2 Å². The van der Waals surface area contributed by atoms with E-state index in [1.165, 1.54) is 31.5 Å². The van der Waals surface area contributed by atoms with Crippen molar-refractivity contribution in [3.63, 3.8) is 0 Å². The average Bonchev–Trinajstić information content (AvgIpc) is 3.15. The van der Waals surface area contributed by atoms with Crippen LogP contribution in [0.5, 0.6) is 0 Å². The van der Waals surface area contributed by atoms with E-state index in [0.29, 0.717) is 5.69 Å². The van der Waals surface area contributed by atoms with Crippen LogP contribution in [0.3, 0.4) is 0 Å². The van der Waals surface area contributed by atoms with Gasteiger partial charge in [-0.15, -0.1) is 0 Å². The van der Waals surface area contributed by atoms with Crippen molar-refractivity contribution in [2.45, 2.75) is 24.9 Å². The summed E-state index contributed by atoms with van der Waals surface area (Å²) in [6, 6.07) is 8.95. The van der Waals surface area contributed by atoms with Crippen molar-refractivity contribution in [1.82, 2.24) is 10.7 Å². The van der Waals surface area contributed by atoms with Crippen LogP contribution in [-0.2, 0) is 5.41 Å². The SMILES string of the molecule is CNC(=O)N/N=C/c1ccc(N2CCC(c3cc(Cl)cc(Cl)c3)(C(F)(F)F)C2)cc1C. The van der Waals surface area contributed by atoms with Crippen molar-refractivity contribution in [1.29, 1.82) is 0 Å². The van der Waals surface area contributed by atoms with Crippen LogP contribution in [0, 0.1) is 6.92 Å². The largest absolute Gasteiger partial charge is 0.400 e. The number of amides is 2. The standard InChI is InChI=1S/C21H21Cl2F3N4O/c1-13-7-18(4-3-14(13)11-28-29-19(31)27-2)30-6-5-20(12-30,21(24,25)26)15-8-16(22)10-17(23)9-15/h3-4,7-11H,5-6,12H2,1-2H3,(H2,27,29,31)/b28-11+. The Kier molecular flexibility index (Phi) is 6.71. The minimum atomic E-state index is -4.47. The lowest BCUT2D eigenvalue weighted by Gasteiger charge is -2.33. The molecular formula is C21H21Cl2F3N4O. The number of aryl methyl sites for hydroxylation is 1. The summed E-state index contributed by atoms with van der Waals surface area (Å²) in [7, 11) is 1.47. The normalized spacial score (nSPS) is 19.1. The third-order valence-electron chi connectivity index (χ3n) is 5.44. The molecule has 10 heteroatoms. The highest BCUT2D eigenvalue weighted by molar-refractivity contribution is 6.34. The summed E-state index contributed by atoms with van der Waals surface area (Å²) in [6.07, 6.45) is -3.10. The number of rotatable bonds is 4. The molecule has 166 valence electrons. The molecule has 2 aromatic rings. The number of carbonyl (C=O) groups excluding carboxylic acids is 1. The van der Waals surface area contributed by atoms with Crippen molar-refractivity contribution >= 4 is 41.1 Å². The molecule has 2 amide bonds. The fourth-order valence-corrected chi connectivity index (χ4v) is 4.23. The van der Waals surface area contributed by atoms with Crippen molar-refractivity contribution in [2.24, 2.45) is 5.10 Å². The van der Waals surface area contributed by atoms with Crippen molar-refractivity contribution < 1.29 is 18.0 Å². The molecule has 3 rings (SSSR count). The maximum absolute atomic E-state index is 14.3. The van der Waals surface area contributed by atoms with Gasteiger partial charge in [0.25, 0.3) is 0 Å². The molecule has 0 aliphatic carbocycles. The van der Waals surface area contributed by atoms with Crippen molar-refractivity contribution in [2.75, 3.05) is 25.0 Å². The van der Waals surface area contributed by atoms with E-state index in [-0.39, 0.29) is 35.1 Å². The zero-order valence-electron chi connectivity index (χ0n) is 16.9. The molecule has 0 saturated carbocycles. The van der Waals surface area contributed by atoms with Gasteiger partial charge in [0.1, 0.15) is 5.41 Å². The van der Waals surface area contributed by atoms with Gasteiger partial charge >= 0.3 is 12.2 Å². The number of carbonyl (C=O) groups is 1. The van der Waals surface area contributed by atoms with Gasteiger partial charge in [-0.3, -0.25) is 0 Å². The molecule has 1 aliphatic heterocycles. The second-order valence-electron chi connectivity index (χ2n) is 7.40. The zero-order valence-corrected chi connectivity index (χ0v) is 18.4. The first-order chi connectivity index (χ1) is 14.6. The summed E-state index contributed by atoms with van der Waals surface area (Å²) in [5.74, 6) is 0. The number of halogens is 5. The van der Waals surface area contributed by atoms with Crippen LogP contribution in [-0.4, -0.2) is 38.6 Å². The first-order valence-corrected chi connectivity index (χ1v) is 10.2. The molecule has 2 N–H and O–H groups in total. The number of hydrogen-bond donors (Lipinski definition) is 2. The van der Waals surface area contributed by atoms with Crippen LogP contribution in [0.4, 0.5) is 23.7 Å². The molecular weight excluding hydrogens is 452 g/mol. The lowest BCUT2D eigenvalue weighted by molar-refractivity contribution is -0.184. The predicted molar refractivity (Wildman–Crippen MR) is 117 cm³/mol. The van der Waals surface area contributed by atoms with E-state index in [2.05, 4.69) is 15.8 Å². The highest BCUT2D eigenvalue weighted by Gasteiger charge is 2.59. The summed E-state index contributed by atoms with van der Waals surface area (Å²) in [5, 5.41) is 6.56. The number of nitrogens with zero attached hydrogens (tertiary/aromatic N) is 2. The molecule has 1 unspecified atom stereocenters. The second-order valence-corrected chi connectivity index (χ2v) is 8.27. The molecule has 1 atom stereocenters. The summed E-state index contributed by atoms with van der Waals surface area (Å²) in [5.41, 5.74) is 2.53. The van der Waals surface area contributed by atoms with E-state index in [4.69, 9.17) is 23.2 Å². The van der Waals surface area contributed by atoms with Gasteiger partial charge in [0.15, 0.2) is 0 Å². The Morgan fingerprint density at radius 3 is 2.45 bits per heavy atom. The topological polar surface area (TPSA) is 56.7 Å². The quantitative estimate of drug-likeness (QED) is 0.470. The summed E-state index contributed by atoms with van der Waals surface area (Å²) in [6.45, 7) is 1.82. The number of hydrazone groups is 1. The Hall–Kier alpha value is -2.45. The van der Waals surface area contributed by atoms with Crippen LogP contribution in [0.25, 0.3) is 0 Å². The Bertz CT molecular complexity index is 992. The Morgan fingerprint density at radius 1 is 1.19 bits per heavy atom. The first-order valence-electron chi connectivity index (χ1n) is 9.45. The van der Waals surface area contributed by atoms with Gasteiger partial charge in [0.2, 0.25) is 0 Å². The van der Waals surface area contributed by atoms with Gasteiger partial charge < -0.3 is 10.2 Å². The molecule has 1 fully saturated rings. The number of anilines is 1. The zero-order chi connectivity index (χ0) is 22.8. The van der Waals surface area contributed by atoms with Crippen LogP contribution < -0.4 is 15.6 Å². The van der Waals surface area contributed by atoms with E-state index in [0.717, 1.165) is 11.1 Å². The van der Waals surface area contributed by atoms with Crippen LogP contribution in [0.1, 0.15) is 23.1 Å². The molecule has 0 aromatic heterocycles. The highest BCUT2D eigenvalue weighted by atomic mass is 35.5. The van der Waals surface area contributed by atoms with Gasteiger partial charge in [0.05, 0.1) is 6.21 Å². The predicted octanol–water partition coefficient (Wildman–Crippen LogP) is 5.28. The van der Waals surface area contributed by atoms with E-state index >= 15 is 0 Å².